The van der Waals surface area contributed by atoms with E-state index < -0.39 is 12.1 Å². The van der Waals surface area contributed by atoms with Crippen LogP contribution in [0, 0.1) is 6.92 Å². The summed E-state index contributed by atoms with van der Waals surface area (Å²) in [6.07, 6.45) is -0.678. The molecule has 0 aliphatic carbocycles. The summed E-state index contributed by atoms with van der Waals surface area (Å²) < 4.78 is 5.85. The fourth-order valence-electron chi connectivity index (χ4n) is 1.59. The number of carbonyl (C=O) groups is 2. The van der Waals surface area contributed by atoms with Gasteiger partial charge in [-0.3, -0.25) is 9.59 Å². The van der Waals surface area contributed by atoms with Gasteiger partial charge in [0.15, 0.2) is 0 Å². The third-order valence-corrected chi connectivity index (χ3v) is 3.60. The number of rotatable bonds is 6. The molecule has 0 saturated heterocycles. The quantitative estimate of drug-likeness (QED) is 0.836. The van der Waals surface area contributed by atoms with Gasteiger partial charge in [-0.15, -0.1) is 0 Å². The third-order valence-electron chi connectivity index (χ3n) is 2.74. The molecule has 0 aliphatic heterocycles. The van der Waals surface area contributed by atoms with Crippen molar-refractivity contribution in [3.05, 3.63) is 33.8 Å². The number of amides is 1. The second-order valence-electron chi connectivity index (χ2n) is 4.08. The van der Waals surface area contributed by atoms with Crippen LogP contribution in [0.2, 0.25) is 0 Å². The lowest BCUT2D eigenvalue weighted by molar-refractivity contribution is -0.139. The Bertz CT molecular complexity index is 476. The number of hydrogen-bond acceptors (Lipinski definition) is 3. The first-order valence-corrected chi connectivity index (χ1v) is 6.53. The Morgan fingerprint density at radius 3 is 2.74 bits per heavy atom. The van der Waals surface area contributed by atoms with Crippen LogP contribution in [-0.4, -0.2) is 36.7 Å². The van der Waals surface area contributed by atoms with Gasteiger partial charge in [0.1, 0.15) is 0 Å². The minimum absolute atomic E-state index is 0.145. The molecule has 0 heterocycles. The van der Waals surface area contributed by atoms with E-state index in [-0.39, 0.29) is 18.9 Å². The molecule has 0 saturated carbocycles. The number of carboxylic acid groups (broad SMARTS) is 1. The van der Waals surface area contributed by atoms with Crippen LogP contribution in [0.15, 0.2) is 22.7 Å². The highest BCUT2D eigenvalue weighted by atomic mass is 79.9. The summed E-state index contributed by atoms with van der Waals surface area (Å²) >= 11 is 3.36. The van der Waals surface area contributed by atoms with Gasteiger partial charge in [-0.05, 0) is 24.6 Å². The van der Waals surface area contributed by atoms with Crippen LogP contribution in [-0.2, 0) is 9.53 Å². The number of carboxylic acids is 1. The van der Waals surface area contributed by atoms with Crippen LogP contribution in [0.1, 0.15) is 22.3 Å². The highest BCUT2D eigenvalue weighted by Crippen LogP contribution is 2.19. The first-order valence-electron chi connectivity index (χ1n) is 5.73. The summed E-state index contributed by atoms with van der Waals surface area (Å²) in [5, 5.41) is 11.4. The fourth-order valence-corrected chi connectivity index (χ4v) is 1.96. The minimum atomic E-state index is -0.959. The zero-order chi connectivity index (χ0) is 14.4. The highest BCUT2D eigenvalue weighted by molar-refractivity contribution is 9.10. The Balaban J connectivity index is 2.64. The van der Waals surface area contributed by atoms with Crippen molar-refractivity contribution in [1.82, 2.24) is 5.32 Å². The van der Waals surface area contributed by atoms with Gasteiger partial charge in [-0.1, -0.05) is 22.0 Å². The number of benzene rings is 1. The van der Waals surface area contributed by atoms with Gasteiger partial charge in [0.2, 0.25) is 0 Å². The first kappa shape index (κ1) is 15.7. The summed E-state index contributed by atoms with van der Waals surface area (Å²) in [5.74, 6) is -1.20. The van der Waals surface area contributed by atoms with Crippen molar-refractivity contribution in [3.63, 3.8) is 0 Å². The van der Waals surface area contributed by atoms with E-state index in [1.165, 1.54) is 7.11 Å². The molecule has 104 valence electrons. The van der Waals surface area contributed by atoms with Crippen LogP contribution in [0.4, 0.5) is 0 Å². The molecular formula is C13H16BrNO4. The number of halogens is 1. The molecule has 0 aromatic heterocycles. The van der Waals surface area contributed by atoms with Gasteiger partial charge < -0.3 is 15.2 Å². The number of hydrogen-bond donors (Lipinski definition) is 2. The predicted molar refractivity (Wildman–Crippen MR) is 74.3 cm³/mol. The lowest BCUT2D eigenvalue weighted by Gasteiger charge is -2.15. The summed E-state index contributed by atoms with van der Waals surface area (Å²) in [5.41, 5.74) is 1.40. The van der Waals surface area contributed by atoms with Crippen molar-refractivity contribution in [2.45, 2.75) is 19.4 Å². The fraction of sp³-hybridized carbons (Fsp3) is 0.385. The van der Waals surface area contributed by atoms with Gasteiger partial charge in [-0.25, -0.2) is 0 Å². The van der Waals surface area contributed by atoms with Crippen molar-refractivity contribution in [2.75, 3.05) is 13.7 Å². The van der Waals surface area contributed by atoms with Gasteiger partial charge in [-0.2, -0.15) is 0 Å². The molecule has 0 fully saturated rings. The van der Waals surface area contributed by atoms with E-state index in [1.807, 2.05) is 13.0 Å². The zero-order valence-corrected chi connectivity index (χ0v) is 12.4. The summed E-state index contributed by atoms with van der Waals surface area (Å²) in [7, 11) is 1.42. The molecule has 0 bridgehead atoms. The monoisotopic (exact) mass is 329 g/mol. The van der Waals surface area contributed by atoms with Gasteiger partial charge in [0, 0.05) is 23.7 Å². The number of aliphatic carboxylic acids is 1. The maximum Gasteiger partial charge on any atom is 0.306 e. The molecule has 0 aliphatic rings. The topological polar surface area (TPSA) is 75.6 Å². The van der Waals surface area contributed by atoms with E-state index in [0.29, 0.717) is 5.56 Å². The average Bonchev–Trinajstić information content (AvgIpc) is 2.37. The van der Waals surface area contributed by atoms with Crippen LogP contribution in [0.3, 0.4) is 0 Å². The zero-order valence-electron chi connectivity index (χ0n) is 10.8. The van der Waals surface area contributed by atoms with Crippen molar-refractivity contribution < 1.29 is 19.4 Å². The van der Waals surface area contributed by atoms with Crippen LogP contribution in [0.5, 0.6) is 0 Å². The molecule has 0 spiro atoms. The van der Waals surface area contributed by atoms with E-state index in [0.717, 1.165) is 10.0 Å². The van der Waals surface area contributed by atoms with Crippen molar-refractivity contribution in [1.29, 1.82) is 0 Å². The minimum Gasteiger partial charge on any atom is -0.481 e. The van der Waals surface area contributed by atoms with E-state index in [1.54, 1.807) is 12.1 Å². The van der Waals surface area contributed by atoms with Crippen LogP contribution >= 0.6 is 15.9 Å². The Labute approximate surface area is 120 Å². The summed E-state index contributed by atoms with van der Waals surface area (Å²) in [6.45, 7) is 2.00. The van der Waals surface area contributed by atoms with Crippen molar-refractivity contribution >= 4 is 27.8 Å². The summed E-state index contributed by atoms with van der Waals surface area (Å²) in [4.78, 5) is 22.6. The number of carbonyl (C=O) groups excluding carboxylic acids is 1. The predicted octanol–water partition coefficient (Wildman–Crippen LogP) is 1.98. The Morgan fingerprint density at radius 1 is 1.47 bits per heavy atom. The molecule has 19 heavy (non-hydrogen) atoms. The molecule has 2 N–H and O–H groups in total. The molecular weight excluding hydrogens is 314 g/mol. The third kappa shape index (κ3) is 4.65. The molecule has 1 rings (SSSR count). The number of methoxy groups -OCH3 is 1. The Morgan fingerprint density at radius 2 is 2.16 bits per heavy atom. The van der Waals surface area contributed by atoms with E-state index in [4.69, 9.17) is 9.84 Å². The standard InChI is InChI=1S/C13H16BrNO4/c1-8-10(4-3-5-11(8)14)13(18)15-7-9(19-2)6-12(16)17/h3-5,9H,6-7H2,1-2H3,(H,15,18)(H,16,17). The van der Waals surface area contributed by atoms with Gasteiger partial charge in [0.25, 0.3) is 5.91 Å². The molecule has 0 radical (unpaired) electrons. The average molecular weight is 330 g/mol. The smallest absolute Gasteiger partial charge is 0.306 e. The second kappa shape index (κ2) is 7.25. The Hall–Kier alpha value is -1.40. The van der Waals surface area contributed by atoms with Crippen molar-refractivity contribution in [3.8, 4) is 0 Å². The van der Waals surface area contributed by atoms with Crippen LogP contribution < -0.4 is 5.32 Å². The maximum absolute atomic E-state index is 12.0. The molecule has 6 heteroatoms. The maximum atomic E-state index is 12.0. The van der Waals surface area contributed by atoms with Crippen molar-refractivity contribution in [2.24, 2.45) is 0 Å². The van der Waals surface area contributed by atoms with E-state index >= 15 is 0 Å². The van der Waals surface area contributed by atoms with E-state index in [9.17, 15) is 9.59 Å². The second-order valence-corrected chi connectivity index (χ2v) is 4.93. The molecule has 1 aromatic rings. The number of ether oxygens (including phenoxy) is 1. The lowest BCUT2D eigenvalue weighted by Crippen LogP contribution is -2.34. The number of nitrogens with one attached hydrogen (secondary N) is 1. The van der Waals surface area contributed by atoms with Crippen LogP contribution in [0.25, 0.3) is 0 Å². The molecule has 5 nitrogen and oxygen atoms in total. The molecule has 1 atom stereocenters. The van der Waals surface area contributed by atoms with Gasteiger partial charge in [0.05, 0.1) is 12.5 Å². The summed E-state index contributed by atoms with van der Waals surface area (Å²) in [6, 6.07) is 5.35. The highest BCUT2D eigenvalue weighted by Gasteiger charge is 2.15. The van der Waals surface area contributed by atoms with Gasteiger partial charge >= 0.3 is 5.97 Å². The molecule has 1 unspecified atom stereocenters. The Kier molecular flexibility index (Phi) is 5.98. The normalized spacial score (nSPS) is 11.9. The lowest BCUT2D eigenvalue weighted by atomic mass is 10.1. The SMILES string of the molecule is COC(CNC(=O)c1cccc(Br)c1C)CC(=O)O. The molecule has 1 amide bonds. The largest absolute Gasteiger partial charge is 0.481 e. The van der Waals surface area contributed by atoms with E-state index in [2.05, 4.69) is 21.2 Å². The first-order chi connectivity index (χ1) is 8.95. The molecule has 1 aromatic carbocycles.